The lowest BCUT2D eigenvalue weighted by atomic mass is 10.0. The van der Waals surface area contributed by atoms with Gasteiger partial charge in [-0.05, 0) is 41.5 Å². The van der Waals surface area contributed by atoms with Crippen LogP contribution in [0.5, 0.6) is 0 Å². The molecule has 3 atom stereocenters. The van der Waals surface area contributed by atoms with Gasteiger partial charge in [0.1, 0.15) is 17.3 Å². The number of nitriles is 1. The molecule has 1 heterocycles. The molecule has 0 bridgehead atoms. The Morgan fingerprint density at radius 3 is 2.05 bits per heavy atom. The highest BCUT2D eigenvalue weighted by Crippen LogP contribution is 2.27. The lowest BCUT2D eigenvalue weighted by molar-refractivity contribution is -0.163. The molecule has 7 heteroatoms. The number of likely N-dealkylation sites (tertiary alicyclic amines) is 1. The molecule has 1 aliphatic heterocycles. The van der Waals surface area contributed by atoms with E-state index in [4.69, 9.17) is 14.7 Å². The number of aliphatic hydroxyl groups excluding tert-OH is 1. The molecular weight excluding hydrogens is 288 g/mol. The molecule has 0 unspecified atom stereocenters. The fourth-order valence-electron chi connectivity index (χ4n) is 2.09. The Labute approximate surface area is 130 Å². The third-order valence-electron chi connectivity index (χ3n) is 2.91. The number of rotatable bonds is 1. The Bertz CT molecular complexity index is 484. The third-order valence-corrected chi connectivity index (χ3v) is 2.91. The molecule has 1 rings (SSSR count). The fourth-order valence-corrected chi connectivity index (χ4v) is 2.09. The van der Waals surface area contributed by atoms with Crippen molar-refractivity contribution in [3.63, 3.8) is 0 Å². The van der Waals surface area contributed by atoms with E-state index in [0.717, 1.165) is 4.90 Å². The minimum Gasteiger partial charge on any atom is -0.458 e. The number of carbonyl (C=O) groups excluding carboxylic acids is 2. The van der Waals surface area contributed by atoms with E-state index in [1.807, 2.05) is 6.07 Å². The summed E-state index contributed by atoms with van der Waals surface area (Å²) < 4.78 is 10.5. The molecule has 124 valence electrons. The molecule has 1 aliphatic rings. The van der Waals surface area contributed by atoms with Gasteiger partial charge in [0, 0.05) is 6.54 Å². The van der Waals surface area contributed by atoms with Crippen molar-refractivity contribution < 1.29 is 24.2 Å². The van der Waals surface area contributed by atoms with Crippen LogP contribution >= 0.6 is 0 Å². The van der Waals surface area contributed by atoms with Gasteiger partial charge in [0.2, 0.25) is 0 Å². The van der Waals surface area contributed by atoms with Crippen molar-refractivity contribution in [2.24, 2.45) is 5.92 Å². The van der Waals surface area contributed by atoms with Gasteiger partial charge >= 0.3 is 12.1 Å². The summed E-state index contributed by atoms with van der Waals surface area (Å²) in [5, 5.41) is 19.2. The largest absolute Gasteiger partial charge is 0.458 e. The van der Waals surface area contributed by atoms with Crippen molar-refractivity contribution in [1.29, 1.82) is 5.26 Å². The average Bonchev–Trinajstić information content (AvgIpc) is 2.61. The predicted molar refractivity (Wildman–Crippen MR) is 77.7 cm³/mol. The average molecular weight is 312 g/mol. The second-order valence-electron chi connectivity index (χ2n) is 7.34. The Hall–Kier alpha value is -1.81. The highest BCUT2D eigenvalue weighted by atomic mass is 16.6. The molecule has 1 N–H and O–H groups in total. The number of hydrogen-bond acceptors (Lipinski definition) is 6. The zero-order chi connectivity index (χ0) is 17.3. The molecule has 0 aromatic heterocycles. The van der Waals surface area contributed by atoms with Crippen LogP contribution in [0.1, 0.15) is 41.5 Å². The minimum atomic E-state index is -1.30. The van der Waals surface area contributed by atoms with Crippen LogP contribution in [0.3, 0.4) is 0 Å². The molecular formula is C15H24N2O5. The van der Waals surface area contributed by atoms with Gasteiger partial charge in [-0.1, -0.05) is 0 Å². The highest BCUT2D eigenvalue weighted by molar-refractivity contribution is 5.83. The number of nitrogens with zero attached hydrogens (tertiary/aromatic N) is 2. The molecule has 1 saturated heterocycles. The molecule has 7 nitrogen and oxygen atoms in total. The van der Waals surface area contributed by atoms with E-state index < -0.39 is 41.3 Å². The summed E-state index contributed by atoms with van der Waals surface area (Å²) in [4.78, 5) is 25.6. The smallest absolute Gasteiger partial charge is 0.411 e. The standard InChI is InChI=1S/C15H24N2O5/c1-14(2,3)21-12(19)10-11(18)9(7-16)8-17(10)13(20)22-15(4,5)6/h9-11,18H,8H2,1-6H3/t9-,10+,11+/m1/s1. The zero-order valence-corrected chi connectivity index (χ0v) is 13.9. The van der Waals surface area contributed by atoms with Gasteiger partial charge in [0.15, 0.2) is 6.04 Å². The van der Waals surface area contributed by atoms with Crippen LogP contribution in [0.4, 0.5) is 4.79 Å². The molecule has 22 heavy (non-hydrogen) atoms. The molecule has 0 aromatic carbocycles. The maximum atomic E-state index is 12.3. The quantitative estimate of drug-likeness (QED) is 0.736. The van der Waals surface area contributed by atoms with Gasteiger partial charge in [-0.15, -0.1) is 0 Å². The fraction of sp³-hybridized carbons (Fsp3) is 0.800. The number of carbonyl (C=O) groups is 2. The second kappa shape index (κ2) is 6.13. The van der Waals surface area contributed by atoms with Crippen LogP contribution in [-0.2, 0) is 14.3 Å². The van der Waals surface area contributed by atoms with E-state index in [0.29, 0.717) is 0 Å². The van der Waals surface area contributed by atoms with Crippen molar-refractivity contribution in [1.82, 2.24) is 4.90 Å². The molecule has 0 saturated carbocycles. The molecule has 0 aliphatic carbocycles. The number of ether oxygens (including phenoxy) is 2. The van der Waals surface area contributed by atoms with Gasteiger partial charge in [0.05, 0.1) is 12.0 Å². The summed E-state index contributed by atoms with van der Waals surface area (Å²) in [6, 6.07) is 0.665. The van der Waals surface area contributed by atoms with E-state index in [9.17, 15) is 14.7 Å². The first-order valence-corrected chi connectivity index (χ1v) is 7.16. The Kier molecular flexibility index (Phi) is 5.08. The zero-order valence-electron chi connectivity index (χ0n) is 13.9. The Balaban J connectivity index is 3.00. The van der Waals surface area contributed by atoms with Gasteiger partial charge in [0.25, 0.3) is 0 Å². The van der Waals surface area contributed by atoms with Crippen molar-refractivity contribution >= 4 is 12.1 Å². The predicted octanol–water partition coefficient (Wildman–Crippen LogP) is 1.45. The van der Waals surface area contributed by atoms with Gasteiger partial charge in [-0.3, -0.25) is 4.90 Å². The summed E-state index contributed by atoms with van der Waals surface area (Å²) in [6.45, 7) is 10.1. The number of esters is 1. The monoisotopic (exact) mass is 312 g/mol. The second-order valence-corrected chi connectivity index (χ2v) is 7.34. The summed E-state index contributed by atoms with van der Waals surface area (Å²) >= 11 is 0. The number of hydrogen-bond donors (Lipinski definition) is 1. The SMILES string of the molecule is CC(C)(C)OC(=O)[C@@H]1[C@@H](O)[C@H](C#N)CN1C(=O)OC(C)(C)C. The molecule has 0 spiro atoms. The Morgan fingerprint density at radius 1 is 1.14 bits per heavy atom. The summed E-state index contributed by atoms with van der Waals surface area (Å²) in [5.41, 5.74) is -1.51. The van der Waals surface area contributed by atoms with Crippen LogP contribution in [0, 0.1) is 17.2 Å². The summed E-state index contributed by atoms with van der Waals surface area (Å²) in [7, 11) is 0. The van der Waals surface area contributed by atoms with Crippen molar-refractivity contribution in [2.75, 3.05) is 6.54 Å². The normalized spacial score (nSPS) is 25.5. The minimum absolute atomic E-state index is 0.0729. The van der Waals surface area contributed by atoms with E-state index in [2.05, 4.69) is 0 Å². The first-order chi connectivity index (χ1) is 9.85. The van der Waals surface area contributed by atoms with E-state index in [1.165, 1.54) is 0 Å². The topological polar surface area (TPSA) is 99.9 Å². The first kappa shape index (κ1) is 18.2. The Morgan fingerprint density at radius 2 is 1.64 bits per heavy atom. The van der Waals surface area contributed by atoms with E-state index in [-0.39, 0.29) is 6.54 Å². The van der Waals surface area contributed by atoms with Gasteiger partial charge < -0.3 is 14.6 Å². The number of amides is 1. The first-order valence-electron chi connectivity index (χ1n) is 7.16. The van der Waals surface area contributed by atoms with Crippen molar-refractivity contribution in [2.45, 2.75) is 64.9 Å². The summed E-state index contributed by atoms with van der Waals surface area (Å²) in [5.74, 6) is -1.60. The van der Waals surface area contributed by atoms with Gasteiger partial charge in [-0.25, -0.2) is 9.59 Å². The maximum Gasteiger partial charge on any atom is 0.411 e. The van der Waals surface area contributed by atoms with Crippen LogP contribution in [0.2, 0.25) is 0 Å². The summed E-state index contributed by atoms with van der Waals surface area (Å²) in [6.07, 6.45) is -2.05. The van der Waals surface area contributed by atoms with Crippen molar-refractivity contribution in [3.05, 3.63) is 0 Å². The highest BCUT2D eigenvalue weighted by Gasteiger charge is 2.50. The van der Waals surface area contributed by atoms with Crippen LogP contribution in [-0.4, -0.2) is 52.0 Å². The van der Waals surface area contributed by atoms with Crippen LogP contribution in [0.15, 0.2) is 0 Å². The van der Waals surface area contributed by atoms with Crippen LogP contribution in [0.25, 0.3) is 0 Å². The lowest BCUT2D eigenvalue weighted by Gasteiger charge is -2.30. The van der Waals surface area contributed by atoms with E-state index >= 15 is 0 Å². The lowest BCUT2D eigenvalue weighted by Crippen LogP contribution is -2.49. The molecule has 1 fully saturated rings. The van der Waals surface area contributed by atoms with E-state index in [1.54, 1.807) is 41.5 Å². The maximum absolute atomic E-state index is 12.3. The molecule has 1 amide bonds. The third kappa shape index (κ3) is 4.60. The number of aliphatic hydroxyl groups is 1. The van der Waals surface area contributed by atoms with Crippen molar-refractivity contribution in [3.8, 4) is 6.07 Å². The van der Waals surface area contributed by atoms with Crippen LogP contribution < -0.4 is 0 Å². The van der Waals surface area contributed by atoms with Gasteiger partial charge in [-0.2, -0.15) is 5.26 Å². The molecule has 0 aromatic rings. The molecule has 0 radical (unpaired) electrons.